The fourth-order valence-electron chi connectivity index (χ4n) is 0. The maximum atomic E-state index is 5.25. The van der Waals surface area contributed by atoms with Gasteiger partial charge in [0.2, 0.25) is 0 Å². The van der Waals surface area contributed by atoms with E-state index in [4.69, 9.17) is 17.9 Å². The predicted octanol–water partition coefficient (Wildman–Crippen LogP) is -0.890. The molecule has 0 aliphatic rings. The molecule has 0 saturated heterocycles. The van der Waals surface area contributed by atoms with Gasteiger partial charge in [0.05, 0.1) is 0 Å². The van der Waals surface area contributed by atoms with E-state index < -0.39 is 0 Å². The second-order valence-corrected chi connectivity index (χ2v) is 0.577. The normalized spacial score (nSPS) is 4.57. The van der Waals surface area contributed by atoms with E-state index in [1.807, 2.05) is 0 Å². The van der Waals surface area contributed by atoms with Gasteiger partial charge >= 0.3 is 31.1 Å². The van der Waals surface area contributed by atoms with Crippen molar-refractivity contribution in [3.05, 3.63) is 6.42 Å². The summed E-state index contributed by atoms with van der Waals surface area (Å²) in [7, 11) is 0. The van der Waals surface area contributed by atoms with Gasteiger partial charge in [-0.3, -0.25) is 0 Å². The number of hydrogen-bond acceptors (Lipinski definition) is 2. The van der Waals surface area contributed by atoms with Crippen molar-refractivity contribution >= 4 is 0 Å². The standard InChI is InChI=1S/C2H8N2.C2H.U/c3-1-2-4;1-2;/h1-4H2;1H;/q;-1;+3. The van der Waals surface area contributed by atoms with Crippen LogP contribution in [0.15, 0.2) is 0 Å². The van der Waals surface area contributed by atoms with Crippen LogP contribution >= 0.6 is 0 Å². The zero-order chi connectivity index (χ0) is 5.41. The third-order valence-electron chi connectivity index (χ3n) is 0.167. The van der Waals surface area contributed by atoms with Gasteiger partial charge in [0, 0.05) is 13.1 Å². The topological polar surface area (TPSA) is 52.0 Å². The molecule has 0 saturated carbocycles. The Morgan fingerprint density at radius 1 is 1.14 bits per heavy atom. The molecule has 0 unspecified atom stereocenters. The average molecular weight is 323 g/mol. The van der Waals surface area contributed by atoms with Gasteiger partial charge in [-0.25, -0.2) is 0 Å². The van der Waals surface area contributed by atoms with Crippen molar-refractivity contribution in [1.29, 1.82) is 0 Å². The fraction of sp³-hybridized carbons (Fsp3) is 0.500. The number of nitrogens with two attached hydrogens (primary N) is 2. The molecule has 1 radical (unpaired) electrons. The van der Waals surface area contributed by atoms with Crippen LogP contribution in [0.3, 0.4) is 0 Å². The van der Waals surface area contributed by atoms with Gasteiger partial charge in [-0.15, -0.1) is 0 Å². The van der Waals surface area contributed by atoms with E-state index in [9.17, 15) is 0 Å². The Hall–Kier alpha value is 0.532. The van der Waals surface area contributed by atoms with Crippen LogP contribution in [0.5, 0.6) is 0 Å². The molecule has 0 spiro atoms. The minimum atomic E-state index is 0. The molecule has 0 aromatic carbocycles. The summed E-state index contributed by atoms with van der Waals surface area (Å²) >= 11 is 0. The van der Waals surface area contributed by atoms with E-state index in [2.05, 4.69) is 6.42 Å². The van der Waals surface area contributed by atoms with Crippen LogP contribution in [0.2, 0.25) is 0 Å². The predicted molar refractivity (Wildman–Crippen MR) is 26.3 cm³/mol. The summed E-state index contributed by atoms with van der Waals surface area (Å²) in [6, 6.07) is 0. The zero-order valence-electron chi connectivity index (χ0n) is 4.15. The summed E-state index contributed by atoms with van der Waals surface area (Å²) in [5.41, 5.74) is 9.81. The molecule has 0 fully saturated rings. The quantitative estimate of drug-likeness (QED) is 0.486. The first-order valence-electron chi connectivity index (χ1n) is 1.61. The summed E-state index contributed by atoms with van der Waals surface area (Å²) in [6.45, 7) is 1.19. The van der Waals surface area contributed by atoms with Crippen molar-refractivity contribution < 1.29 is 31.1 Å². The molecule has 7 heavy (non-hydrogen) atoms. The Bertz CT molecular complexity index is 26.1. The molecule has 0 atom stereocenters. The number of hydrogen-bond donors (Lipinski definition) is 2. The SMILES string of the molecule is NCCN.[C-]#C.[U+3]. The summed E-state index contributed by atoms with van der Waals surface area (Å²) in [5, 5.41) is 0. The number of rotatable bonds is 1. The molecule has 0 bridgehead atoms. The van der Waals surface area contributed by atoms with Crippen molar-refractivity contribution in [3.63, 3.8) is 0 Å². The molecule has 0 aromatic rings. The molecular weight excluding hydrogens is 314 g/mol. The zero-order valence-corrected chi connectivity index (χ0v) is 8.31. The van der Waals surface area contributed by atoms with Crippen molar-refractivity contribution in [2.45, 2.75) is 0 Å². The molecule has 0 heterocycles. The average Bonchev–Trinajstić information content (AvgIpc) is 1.72. The monoisotopic (exact) mass is 323 g/mol. The van der Waals surface area contributed by atoms with E-state index >= 15 is 0 Å². The van der Waals surface area contributed by atoms with Crippen LogP contribution in [-0.4, -0.2) is 13.1 Å². The smallest absolute Gasteiger partial charge is 0.697 e. The minimum Gasteiger partial charge on any atom is -0.697 e. The van der Waals surface area contributed by atoms with Gasteiger partial charge in [-0.2, -0.15) is 0 Å². The first-order chi connectivity index (χ1) is 2.91. The third kappa shape index (κ3) is 57.2. The first-order valence-corrected chi connectivity index (χ1v) is 1.61. The molecule has 3 heteroatoms. The van der Waals surface area contributed by atoms with Crippen molar-refractivity contribution in [1.82, 2.24) is 0 Å². The van der Waals surface area contributed by atoms with Crippen LogP contribution in [0, 0.1) is 44.0 Å². The fourth-order valence-corrected chi connectivity index (χ4v) is 0. The molecule has 37 valence electrons. The maximum Gasteiger partial charge on any atom is 3.00 e. The van der Waals surface area contributed by atoms with E-state index in [0.717, 1.165) is 0 Å². The van der Waals surface area contributed by atoms with Gasteiger partial charge in [-0.05, 0) is 0 Å². The Kier molecular flexibility index (Phi) is 69.7. The Labute approximate surface area is 68.4 Å². The van der Waals surface area contributed by atoms with E-state index in [1.54, 1.807) is 0 Å². The molecule has 4 N–H and O–H groups in total. The molecule has 0 aliphatic carbocycles. The van der Waals surface area contributed by atoms with Crippen molar-refractivity contribution in [3.8, 4) is 6.42 Å². The van der Waals surface area contributed by atoms with E-state index in [-0.39, 0.29) is 31.1 Å². The van der Waals surface area contributed by atoms with E-state index in [1.165, 1.54) is 0 Å². The molecule has 0 aromatic heterocycles. The van der Waals surface area contributed by atoms with Crippen LogP contribution < -0.4 is 11.5 Å². The molecule has 0 amide bonds. The third-order valence-corrected chi connectivity index (χ3v) is 0.167. The first kappa shape index (κ1) is 15.6. The molecule has 0 rings (SSSR count). The van der Waals surface area contributed by atoms with Crippen LogP contribution in [0.25, 0.3) is 0 Å². The van der Waals surface area contributed by atoms with Crippen LogP contribution in [0.1, 0.15) is 0 Å². The summed E-state index contributed by atoms with van der Waals surface area (Å²) in [6.07, 6.45) is 9.00. The minimum absolute atomic E-state index is 0. The van der Waals surface area contributed by atoms with Crippen LogP contribution in [-0.2, 0) is 0 Å². The molecular formula is C4H9N2U+2. The summed E-state index contributed by atoms with van der Waals surface area (Å²) in [5.74, 6) is 0. The van der Waals surface area contributed by atoms with Gasteiger partial charge in [0.1, 0.15) is 0 Å². The Balaban J connectivity index is -0.0000000480. The van der Waals surface area contributed by atoms with Crippen LogP contribution in [0.4, 0.5) is 0 Å². The Morgan fingerprint density at radius 2 is 1.29 bits per heavy atom. The van der Waals surface area contributed by atoms with E-state index in [0.29, 0.717) is 13.1 Å². The summed E-state index contributed by atoms with van der Waals surface area (Å²) in [4.78, 5) is 0. The second-order valence-electron chi connectivity index (χ2n) is 0.577. The number of terminal acetylenes is 1. The second kappa shape index (κ2) is 31.2. The van der Waals surface area contributed by atoms with Gasteiger partial charge in [-0.1, -0.05) is 0 Å². The van der Waals surface area contributed by atoms with Gasteiger partial charge < -0.3 is 24.3 Å². The van der Waals surface area contributed by atoms with Gasteiger partial charge in [0.15, 0.2) is 0 Å². The van der Waals surface area contributed by atoms with Crippen molar-refractivity contribution in [2.75, 3.05) is 13.1 Å². The molecule has 2 nitrogen and oxygen atoms in total. The van der Waals surface area contributed by atoms with Crippen molar-refractivity contribution in [2.24, 2.45) is 11.5 Å². The Morgan fingerprint density at radius 3 is 1.29 bits per heavy atom. The largest absolute Gasteiger partial charge is 3.00 e. The molecule has 0 aliphatic heterocycles. The summed E-state index contributed by atoms with van der Waals surface area (Å²) < 4.78 is 0. The maximum absolute atomic E-state index is 5.25. The van der Waals surface area contributed by atoms with Gasteiger partial charge in [0.25, 0.3) is 0 Å².